The Balaban J connectivity index is 2.59. The van der Waals surface area contributed by atoms with E-state index in [0.29, 0.717) is 12.1 Å². The van der Waals surface area contributed by atoms with Gasteiger partial charge in [-0.25, -0.2) is 4.79 Å². The SMILES string of the molecule is CC(C)(C)CCC(=O)Nc1cncc(C(=O)O)c1. The van der Waals surface area contributed by atoms with Gasteiger partial charge in [0.1, 0.15) is 0 Å². The molecule has 0 aliphatic carbocycles. The predicted octanol–water partition coefficient (Wildman–Crippen LogP) is 2.54. The van der Waals surface area contributed by atoms with Crippen molar-refractivity contribution >= 4 is 17.6 Å². The van der Waals surface area contributed by atoms with E-state index in [0.717, 1.165) is 6.42 Å². The van der Waals surface area contributed by atoms with Gasteiger partial charge in [-0.1, -0.05) is 20.8 Å². The number of nitrogens with zero attached hydrogens (tertiary/aromatic N) is 1. The van der Waals surface area contributed by atoms with Gasteiger partial charge in [-0.2, -0.15) is 0 Å². The second kappa shape index (κ2) is 5.62. The van der Waals surface area contributed by atoms with E-state index in [9.17, 15) is 9.59 Å². The lowest BCUT2D eigenvalue weighted by molar-refractivity contribution is -0.116. The molecule has 0 saturated heterocycles. The van der Waals surface area contributed by atoms with Gasteiger partial charge in [-0.3, -0.25) is 9.78 Å². The molecule has 1 aromatic rings. The molecule has 18 heavy (non-hydrogen) atoms. The lowest BCUT2D eigenvalue weighted by atomic mass is 9.90. The molecule has 1 rings (SSSR count). The first-order valence-electron chi connectivity index (χ1n) is 5.76. The Hall–Kier alpha value is -1.91. The van der Waals surface area contributed by atoms with E-state index in [2.05, 4.69) is 31.1 Å². The molecule has 0 aromatic carbocycles. The second-order valence-electron chi connectivity index (χ2n) is 5.38. The molecule has 0 saturated carbocycles. The molecule has 0 radical (unpaired) electrons. The van der Waals surface area contributed by atoms with Crippen molar-refractivity contribution in [1.29, 1.82) is 0 Å². The summed E-state index contributed by atoms with van der Waals surface area (Å²) in [5.74, 6) is -1.19. The number of hydrogen-bond acceptors (Lipinski definition) is 3. The summed E-state index contributed by atoms with van der Waals surface area (Å²) in [5, 5.41) is 11.4. The number of rotatable bonds is 4. The molecular formula is C13H18N2O3. The fourth-order valence-corrected chi connectivity index (χ4v) is 1.34. The number of carbonyl (C=O) groups excluding carboxylic acids is 1. The van der Waals surface area contributed by atoms with Crippen molar-refractivity contribution in [2.24, 2.45) is 5.41 Å². The normalized spacial score (nSPS) is 11.1. The minimum absolute atomic E-state index is 0.0589. The van der Waals surface area contributed by atoms with Gasteiger partial charge in [0, 0.05) is 12.6 Å². The Morgan fingerprint density at radius 1 is 1.33 bits per heavy atom. The second-order valence-corrected chi connectivity index (χ2v) is 5.38. The highest BCUT2D eigenvalue weighted by Crippen LogP contribution is 2.21. The van der Waals surface area contributed by atoms with Gasteiger partial charge in [0.25, 0.3) is 0 Å². The van der Waals surface area contributed by atoms with E-state index < -0.39 is 5.97 Å². The van der Waals surface area contributed by atoms with Crippen LogP contribution in [-0.2, 0) is 4.79 Å². The first kappa shape index (κ1) is 14.2. The topological polar surface area (TPSA) is 79.3 Å². The zero-order valence-electron chi connectivity index (χ0n) is 10.9. The van der Waals surface area contributed by atoms with Crippen LogP contribution in [0, 0.1) is 5.41 Å². The summed E-state index contributed by atoms with van der Waals surface area (Å²) >= 11 is 0. The Kier molecular flexibility index (Phi) is 4.42. The summed E-state index contributed by atoms with van der Waals surface area (Å²) in [4.78, 5) is 26.2. The maximum atomic E-state index is 11.7. The number of anilines is 1. The Morgan fingerprint density at radius 3 is 2.56 bits per heavy atom. The van der Waals surface area contributed by atoms with Crippen molar-refractivity contribution in [2.75, 3.05) is 5.32 Å². The summed E-state index contributed by atoms with van der Waals surface area (Å²) < 4.78 is 0. The molecule has 5 nitrogen and oxygen atoms in total. The van der Waals surface area contributed by atoms with Crippen LogP contribution in [0.15, 0.2) is 18.5 Å². The average Bonchev–Trinajstić information content (AvgIpc) is 2.26. The van der Waals surface area contributed by atoms with Crippen molar-refractivity contribution in [3.8, 4) is 0 Å². The maximum absolute atomic E-state index is 11.7. The molecule has 0 aliphatic heterocycles. The van der Waals surface area contributed by atoms with Crippen molar-refractivity contribution in [3.63, 3.8) is 0 Å². The van der Waals surface area contributed by atoms with Gasteiger partial charge < -0.3 is 10.4 Å². The van der Waals surface area contributed by atoms with E-state index in [-0.39, 0.29) is 16.9 Å². The summed E-state index contributed by atoms with van der Waals surface area (Å²) in [6, 6.07) is 1.39. The number of nitrogens with one attached hydrogen (secondary N) is 1. The number of amides is 1. The third-order valence-corrected chi connectivity index (χ3v) is 2.37. The van der Waals surface area contributed by atoms with Crippen LogP contribution in [0.25, 0.3) is 0 Å². The van der Waals surface area contributed by atoms with Crippen molar-refractivity contribution in [1.82, 2.24) is 4.98 Å². The molecule has 0 aliphatic rings. The van der Waals surface area contributed by atoms with Gasteiger partial charge in [0.2, 0.25) is 5.91 Å². The van der Waals surface area contributed by atoms with Gasteiger partial charge in [0.15, 0.2) is 0 Å². The quantitative estimate of drug-likeness (QED) is 0.860. The van der Waals surface area contributed by atoms with Crippen LogP contribution in [0.5, 0.6) is 0 Å². The smallest absolute Gasteiger partial charge is 0.337 e. The number of carboxylic acids is 1. The van der Waals surface area contributed by atoms with E-state index in [1.54, 1.807) is 0 Å². The maximum Gasteiger partial charge on any atom is 0.337 e. The van der Waals surface area contributed by atoms with Gasteiger partial charge in [-0.05, 0) is 17.9 Å². The third kappa shape index (κ3) is 4.95. The van der Waals surface area contributed by atoms with Crippen LogP contribution >= 0.6 is 0 Å². The molecule has 98 valence electrons. The lowest BCUT2D eigenvalue weighted by Gasteiger charge is -2.17. The minimum atomic E-state index is -1.06. The van der Waals surface area contributed by atoms with E-state index in [1.807, 2.05) is 0 Å². The largest absolute Gasteiger partial charge is 0.478 e. The summed E-state index contributed by atoms with van der Waals surface area (Å²) in [6.07, 6.45) is 3.85. The van der Waals surface area contributed by atoms with Crippen LogP contribution in [-0.4, -0.2) is 22.0 Å². The van der Waals surface area contributed by atoms with E-state index in [4.69, 9.17) is 5.11 Å². The number of aromatic carboxylic acids is 1. The average molecular weight is 250 g/mol. The van der Waals surface area contributed by atoms with Gasteiger partial charge >= 0.3 is 5.97 Å². The Labute approximate surface area is 106 Å². The summed E-state index contributed by atoms with van der Waals surface area (Å²) in [6.45, 7) is 6.19. The highest BCUT2D eigenvalue weighted by Gasteiger charge is 2.13. The molecule has 2 N–H and O–H groups in total. The van der Waals surface area contributed by atoms with Crippen LogP contribution in [0.4, 0.5) is 5.69 Å². The van der Waals surface area contributed by atoms with Crippen molar-refractivity contribution in [3.05, 3.63) is 24.0 Å². The fraction of sp³-hybridized carbons (Fsp3) is 0.462. The van der Waals surface area contributed by atoms with Crippen LogP contribution in [0.1, 0.15) is 44.0 Å². The molecule has 0 atom stereocenters. The first-order valence-corrected chi connectivity index (χ1v) is 5.76. The molecule has 0 spiro atoms. The standard InChI is InChI=1S/C13H18N2O3/c1-13(2,3)5-4-11(16)15-10-6-9(12(17)18)7-14-8-10/h6-8H,4-5H2,1-3H3,(H,15,16)(H,17,18). The number of carbonyl (C=O) groups is 2. The van der Waals surface area contributed by atoms with Crippen LogP contribution in [0.3, 0.4) is 0 Å². The first-order chi connectivity index (χ1) is 8.28. The number of carboxylic acid groups (broad SMARTS) is 1. The Morgan fingerprint density at radius 2 is 2.00 bits per heavy atom. The lowest BCUT2D eigenvalue weighted by Crippen LogP contribution is -2.16. The highest BCUT2D eigenvalue weighted by molar-refractivity contribution is 5.93. The molecule has 1 amide bonds. The molecule has 1 heterocycles. The molecule has 0 bridgehead atoms. The van der Waals surface area contributed by atoms with Crippen LogP contribution < -0.4 is 5.32 Å². The summed E-state index contributed by atoms with van der Waals surface area (Å²) in [5.41, 5.74) is 0.566. The van der Waals surface area contributed by atoms with E-state index >= 15 is 0 Å². The minimum Gasteiger partial charge on any atom is -0.478 e. The van der Waals surface area contributed by atoms with Gasteiger partial charge in [-0.15, -0.1) is 0 Å². The number of hydrogen-bond donors (Lipinski definition) is 2. The van der Waals surface area contributed by atoms with Crippen molar-refractivity contribution in [2.45, 2.75) is 33.6 Å². The third-order valence-electron chi connectivity index (χ3n) is 2.37. The summed E-state index contributed by atoms with van der Waals surface area (Å²) in [7, 11) is 0. The highest BCUT2D eigenvalue weighted by atomic mass is 16.4. The van der Waals surface area contributed by atoms with Crippen molar-refractivity contribution < 1.29 is 14.7 Å². The zero-order valence-corrected chi connectivity index (χ0v) is 10.9. The zero-order chi connectivity index (χ0) is 13.8. The Bertz CT molecular complexity index is 450. The van der Waals surface area contributed by atoms with Crippen LogP contribution in [0.2, 0.25) is 0 Å². The molecule has 5 heteroatoms. The van der Waals surface area contributed by atoms with Gasteiger partial charge in [0.05, 0.1) is 17.4 Å². The fourth-order valence-electron chi connectivity index (χ4n) is 1.34. The molecule has 1 aromatic heterocycles. The number of pyridine rings is 1. The molecule has 0 fully saturated rings. The van der Waals surface area contributed by atoms with E-state index in [1.165, 1.54) is 18.5 Å². The molecular weight excluding hydrogens is 232 g/mol. The molecule has 0 unspecified atom stereocenters. The predicted molar refractivity (Wildman–Crippen MR) is 68.5 cm³/mol. The monoisotopic (exact) mass is 250 g/mol. The number of aromatic nitrogens is 1.